The van der Waals surface area contributed by atoms with Crippen molar-refractivity contribution < 1.29 is 23.8 Å². The van der Waals surface area contributed by atoms with Gasteiger partial charge in [-0.1, -0.05) is 24.3 Å². The Morgan fingerprint density at radius 2 is 1.44 bits per heavy atom. The fourth-order valence-electron chi connectivity index (χ4n) is 2.05. The number of para-hydroxylation sites is 4. The largest absolute Gasteiger partial charge is 0.495 e. The monoisotopic (exact) mass is 344 g/mol. The summed E-state index contributed by atoms with van der Waals surface area (Å²) in [6.07, 6.45) is 0. The van der Waals surface area contributed by atoms with E-state index in [0.29, 0.717) is 22.9 Å². The van der Waals surface area contributed by atoms with Crippen molar-refractivity contribution >= 4 is 17.5 Å². The van der Waals surface area contributed by atoms with Crippen molar-refractivity contribution in [3.05, 3.63) is 48.5 Å². The summed E-state index contributed by atoms with van der Waals surface area (Å²) in [5.74, 6) is 0.751. The van der Waals surface area contributed by atoms with Crippen LogP contribution in [0.1, 0.15) is 0 Å². The average Bonchev–Trinajstić information content (AvgIpc) is 2.65. The third-order valence-electron chi connectivity index (χ3n) is 3.26. The summed E-state index contributed by atoms with van der Waals surface area (Å²) in [6, 6.07) is 14.0. The van der Waals surface area contributed by atoms with Crippen LogP contribution < -0.4 is 24.8 Å². The Bertz CT molecular complexity index is 733. The van der Waals surface area contributed by atoms with E-state index in [4.69, 9.17) is 14.2 Å². The first kappa shape index (κ1) is 18.1. The van der Waals surface area contributed by atoms with Gasteiger partial charge >= 0.3 is 0 Å². The van der Waals surface area contributed by atoms with Crippen LogP contribution in [0.25, 0.3) is 0 Å². The van der Waals surface area contributed by atoms with Gasteiger partial charge in [0.1, 0.15) is 5.75 Å². The van der Waals surface area contributed by atoms with Gasteiger partial charge in [0.15, 0.2) is 18.1 Å². The molecular formula is C18H20N2O5. The molecule has 2 aromatic carbocycles. The number of carbonyl (C=O) groups excluding carboxylic acids is 2. The summed E-state index contributed by atoms with van der Waals surface area (Å²) in [4.78, 5) is 23.7. The van der Waals surface area contributed by atoms with Gasteiger partial charge in [-0.3, -0.25) is 9.59 Å². The van der Waals surface area contributed by atoms with Gasteiger partial charge in [-0.25, -0.2) is 0 Å². The lowest BCUT2D eigenvalue weighted by molar-refractivity contribution is -0.125. The van der Waals surface area contributed by atoms with Crippen molar-refractivity contribution in [3.8, 4) is 17.2 Å². The molecule has 132 valence electrons. The van der Waals surface area contributed by atoms with Crippen molar-refractivity contribution in [1.82, 2.24) is 5.32 Å². The third-order valence-corrected chi connectivity index (χ3v) is 3.26. The quantitative estimate of drug-likeness (QED) is 0.763. The first-order valence-corrected chi connectivity index (χ1v) is 7.59. The molecule has 0 aliphatic heterocycles. The summed E-state index contributed by atoms with van der Waals surface area (Å²) in [5.41, 5.74) is 0.537. The Hall–Kier alpha value is -3.22. The predicted molar refractivity (Wildman–Crippen MR) is 93.1 cm³/mol. The number of nitrogens with one attached hydrogen (secondary N) is 2. The van der Waals surface area contributed by atoms with Crippen LogP contribution in [0.5, 0.6) is 17.2 Å². The first-order valence-electron chi connectivity index (χ1n) is 7.59. The van der Waals surface area contributed by atoms with Gasteiger partial charge in [-0.15, -0.1) is 0 Å². The van der Waals surface area contributed by atoms with Crippen LogP contribution >= 0.6 is 0 Å². The van der Waals surface area contributed by atoms with Crippen LogP contribution in [0.4, 0.5) is 5.69 Å². The van der Waals surface area contributed by atoms with Crippen molar-refractivity contribution in [1.29, 1.82) is 0 Å². The minimum Gasteiger partial charge on any atom is -0.495 e. The average molecular weight is 344 g/mol. The molecule has 0 heterocycles. The number of hydrogen-bond acceptors (Lipinski definition) is 5. The molecule has 0 saturated carbocycles. The highest BCUT2D eigenvalue weighted by molar-refractivity contribution is 5.95. The van der Waals surface area contributed by atoms with Gasteiger partial charge in [-0.05, 0) is 24.3 Å². The smallest absolute Gasteiger partial charge is 0.258 e. The molecule has 0 radical (unpaired) electrons. The number of benzene rings is 2. The molecule has 2 N–H and O–H groups in total. The Balaban J connectivity index is 1.78. The minimum atomic E-state index is -0.416. The van der Waals surface area contributed by atoms with E-state index in [1.54, 1.807) is 48.5 Å². The number of rotatable bonds is 8. The lowest BCUT2D eigenvalue weighted by atomic mass is 10.3. The fourth-order valence-corrected chi connectivity index (χ4v) is 2.05. The molecule has 25 heavy (non-hydrogen) atoms. The normalized spacial score (nSPS) is 9.84. The number of carbonyl (C=O) groups is 2. The molecule has 0 atom stereocenters. The molecular weight excluding hydrogens is 324 g/mol. The highest BCUT2D eigenvalue weighted by Crippen LogP contribution is 2.25. The van der Waals surface area contributed by atoms with Crippen LogP contribution in [-0.2, 0) is 9.59 Å². The standard InChI is InChI=1S/C18H20N2O5/c1-23-14-8-4-3-7-13(14)20-17(21)11-19-18(22)12-25-16-10-6-5-9-15(16)24-2/h3-10H,11-12H2,1-2H3,(H,19,22)(H,20,21). The molecule has 7 nitrogen and oxygen atoms in total. The molecule has 7 heteroatoms. The van der Waals surface area contributed by atoms with Crippen LogP contribution in [0.3, 0.4) is 0 Å². The second kappa shape index (κ2) is 9.17. The van der Waals surface area contributed by atoms with E-state index < -0.39 is 5.91 Å². The van der Waals surface area contributed by atoms with Crippen LogP contribution in [0.2, 0.25) is 0 Å². The number of ether oxygens (including phenoxy) is 3. The molecule has 0 aliphatic carbocycles. The topological polar surface area (TPSA) is 85.9 Å². The molecule has 0 saturated heterocycles. The van der Waals surface area contributed by atoms with Crippen molar-refractivity contribution in [3.63, 3.8) is 0 Å². The molecule has 0 aliphatic rings. The van der Waals surface area contributed by atoms with Gasteiger partial charge in [0.05, 0.1) is 26.5 Å². The third kappa shape index (κ3) is 5.42. The van der Waals surface area contributed by atoms with Crippen LogP contribution in [0, 0.1) is 0 Å². The number of amides is 2. The summed E-state index contributed by atoms with van der Waals surface area (Å²) in [5, 5.41) is 5.16. The predicted octanol–water partition coefficient (Wildman–Crippen LogP) is 1.84. The zero-order valence-corrected chi connectivity index (χ0v) is 14.1. The van der Waals surface area contributed by atoms with Gasteiger partial charge in [0, 0.05) is 0 Å². The van der Waals surface area contributed by atoms with Crippen molar-refractivity contribution in [2.24, 2.45) is 0 Å². The molecule has 0 bridgehead atoms. The first-order chi connectivity index (χ1) is 12.1. The second-order valence-electron chi connectivity index (χ2n) is 4.96. The zero-order chi connectivity index (χ0) is 18.1. The highest BCUT2D eigenvalue weighted by Gasteiger charge is 2.10. The van der Waals surface area contributed by atoms with Gasteiger partial charge < -0.3 is 24.8 Å². The molecule has 2 aromatic rings. The van der Waals surface area contributed by atoms with E-state index in [1.807, 2.05) is 0 Å². The van der Waals surface area contributed by atoms with Crippen molar-refractivity contribution in [2.75, 3.05) is 32.7 Å². The van der Waals surface area contributed by atoms with E-state index in [-0.39, 0.29) is 19.1 Å². The highest BCUT2D eigenvalue weighted by atomic mass is 16.5. The lowest BCUT2D eigenvalue weighted by Gasteiger charge is -2.11. The summed E-state index contributed by atoms with van der Waals surface area (Å²) in [7, 11) is 3.03. The van der Waals surface area contributed by atoms with E-state index in [9.17, 15) is 9.59 Å². The zero-order valence-electron chi connectivity index (χ0n) is 14.1. The molecule has 2 rings (SSSR count). The Morgan fingerprint density at radius 3 is 2.12 bits per heavy atom. The Morgan fingerprint density at radius 1 is 0.840 bits per heavy atom. The lowest BCUT2D eigenvalue weighted by Crippen LogP contribution is -2.35. The molecule has 0 spiro atoms. The van der Waals surface area contributed by atoms with Gasteiger partial charge in [0.25, 0.3) is 5.91 Å². The van der Waals surface area contributed by atoms with Gasteiger partial charge in [-0.2, -0.15) is 0 Å². The van der Waals surface area contributed by atoms with E-state index >= 15 is 0 Å². The SMILES string of the molecule is COc1ccccc1NC(=O)CNC(=O)COc1ccccc1OC. The minimum absolute atomic E-state index is 0.174. The van der Waals surface area contributed by atoms with E-state index in [1.165, 1.54) is 14.2 Å². The molecule has 0 fully saturated rings. The maximum Gasteiger partial charge on any atom is 0.258 e. The molecule has 0 unspecified atom stereocenters. The summed E-state index contributed by atoms with van der Waals surface area (Å²) in [6.45, 7) is -0.394. The maximum atomic E-state index is 11.9. The Kier molecular flexibility index (Phi) is 6.65. The number of methoxy groups -OCH3 is 2. The Labute approximate surface area is 145 Å². The number of hydrogen-bond donors (Lipinski definition) is 2. The summed E-state index contributed by atoms with van der Waals surface area (Å²) >= 11 is 0. The number of anilines is 1. The molecule has 2 amide bonds. The van der Waals surface area contributed by atoms with E-state index in [0.717, 1.165) is 0 Å². The van der Waals surface area contributed by atoms with Crippen molar-refractivity contribution in [2.45, 2.75) is 0 Å². The van der Waals surface area contributed by atoms with Crippen LogP contribution in [0.15, 0.2) is 48.5 Å². The fraction of sp³-hybridized carbons (Fsp3) is 0.222. The second-order valence-corrected chi connectivity index (χ2v) is 4.96. The summed E-state index contributed by atoms with van der Waals surface area (Å²) < 4.78 is 15.7. The van der Waals surface area contributed by atoms with E-state index in [2.05, 4.69) is 10.6 Å². The molecule has 0 aromatic heterocycles. The van der Waals surface area contributed by atoms with Gasteiger partial charge in [0.2, 0.25) is 5.91 Å². The maximum absolute atomic E-state index is 11.9. The van der Waals surface area contributed by atoms with Crippen LogP contribution in [-0.4, -0.2) is 39.2 Å².